The Balaban J connectivity index is 1.47. The summed E-state index contributed by atoms with van der Waals surface area (Å²) in [5.74, 6) is 0.192. The number of pyridine rings is 2. The van der Waals surface area contributed by atoms with E-state index in [0.29, 0.717) is 39.3 Å². The highest BCUT2D eigenvalue weighted by Crippen LogP contribution is 2.35. The molecular formula is C25H21ClN4O3S. The van der Waals surface area contributed by atoms with Crippen molar-refractivity contribution in [3.63, 3.8) is 0 Å². The summed E-state index contributed by atoms with van der Waals surface area (Å²) in [5.41, 5.74) is 5.57. The van der Waals surface area contributed by atoms with Crippen LogP contribution in [-0.4, -0.2) is 41.2 Å². The second-order valence-electron chi connectivity index (χ2n) is 7.80. The molecule has 3 aromatic heterocycles. The summed E-state index contributed by atoms with van der Waals surface area (Å²) in [5, 5.41) is 3.74. The predicted octanol–water partition coefficient (Wildman–Crippen LogP) is 5.78. The minimum absolute atomic E-state index is 0.303. The molecule has 7 nitrogen and oxygen atoms in total. The molecule has 0 bridgehead atoms. The number of carbonyl (C=O) groups is 1. The summed E-state index contributed by atoms with van der Waals surface area (Å²) in [6.45, 7) is 3.23. The van der Waals surface area contributed by atoms with Gasteiger partial charge in [0.1, 0.15) is 10.9 Å². The van der Waals surface area contributed by atoms with E-state index in [-0.39, 0.29) is 5.91 Å². The molecule has 0 saturated carbocycles. The van der Waals surface area contributed by atoms with E-state index in [0.717, 1.165) is 34.5 Å². The van der Waals surface area contributed by atoms with E-state index in [1.807, 2.05) is 25.1 Å². The average molecular weight is 493 g/mol. The van der Waals surface area contributed by atoms with Crippen molar-refractivity contribution in [3.8, 4) is 16.9 Å². The number of fused-ring (bicyclic) bond motifs is 1. The topological polar surface area (TPSA) is 86.2 Å². The summed E-state index contributed by atoms with van der Waals surface area (Å²) in [4.78, 5) is 26.3. The Kier molecular flexibility index (Phi) is 6.28. The molecule has 1 aliphatic heterocycles. The van der Waals surface area contributed by atoms with Crippen LogP contribution in [0.3, 0.4) is 0 Å². The van der Waals surface area contributed by atoms with Gasteiger partial charge in [-0.3, -0.25) is 15.1 Å². The fourth-order valence-electron chi connectivity index (χ4n) is 3.86. The number of hydrogen-bond donors (Lipinski definition) is 1. The minimum Gasteiger partial charge on any atom is -0.494 e. The maximum atomic E-state index is 13.3. The van der Waals surface area contributed by atoms with Gasteiger partial charge in [0.25, 0.3) is 5.91 Å². The van der Waals surface area contributed by atoms with Crippen molar-refractivity contribution in [2.75, 3.05) is 25.6 Å². The van der Waals surface area contributed by atoms with Crippen molar-refractivity contribution in [1.29, 1.82) is 0 Å². The number of amides is 1. The Hall–Kier alpha value is -3.33. The van der Waals surface area contributed by atoms with Gasteiger partial charge in [-0.15, -0.1) is 0 Å². The Morgan fingerprint density at radius 1 is 1.18 bits per heavy atom. The van der Waals surface area contributed by atoms with E-state index >= 15 is 0 Å². The molecule has 34 heavy (non-hydrogen) atoms. The lowest BCUT2D eigenvalue weighted by Crippen LogP contribution is -2.14. The van der Waals surface area contributed by atoms with Gasteiger partial charge in [-0.05, 0) is 48.7 Å². The number of halogens is 1. The molecule has 1 aliphatic rings. The normalized spacial score (nSPS) is 13.6. The van der Waals surface area contributed by atoms with Gasteiger partial charge in [0.05, 0.1) is 42.3 Å². The molecule has 0 spiro atoms. The van der Waals surface area contributed by atoms with Crippen LogP contribution >= 0.6 is 22.9 Å². The number of anilines is 1. The SMILES string of the molecule is COc1cnc(Cl)cc1-c1cc(C)ncc1C(=O)Nc1nc2ccc(C3=CCCOC3)cc2s1. The highest BCUT2D eigenvalue weighted by Gasteiger charge is 2.19. The number of ether oxygens (including phenoxy) is 2. The zero-order chi connectivity index (χ0) is 23.7. The summed E-state index contributed by atoms with van der Waals surface area (Å²) in [7, 11) is 1.55. The monoisotopic (exact) mass is 492 g/mol. The third-order valence-electron chi connectivity index (χ3n) is 5.52. The predicted molar refractivity (Wildman–Crippen MR) is 135 cm³/mol. The van der Waals surface area contributed by atoms with Crippen LogP contribution in [0.2, 0.25) is 5.15 Å². The number of hydrogen-bond acceptors (Lipinski definition) is 7. The average Bonchev–Trinajstić information content (AvgIpc) is 3.25. The summed E-state index contributed by atoms with van der Waals surface area (Å²) in [6, 6.07) is 9.60. The van der Waals surface area contributed by atoms with Crippen LogP contribution in [0.15, 0.2) is 48.8 Å². The van der Waals surface area contributed by atoms with Crippen LogP contribution in [0.4, 0.5) is 5.13 Å². The lowest BCUT2D eigenvalue weighted by Gasteiger charge is -2.13. The Bertz CT molecular complexity index is 1430. The molecule has 0 aliphatic carbocycles. The fourth-order valence-corrected chi connectivity index (χ4v) is 4.91. The number of benzene rings is 1. The zero-order valence-corrected chi connectivity index (χ0v) is 20.2. The van der Waals surface area contributed by atoms with Crippen LogP contribution in [0, 0.1) is 6.92 Å². The second-order valence-corrected chi connectivity index (χ2v) is 9.22. The van der Waals surface area contributed by atoms with Crippen molar-refractivity contribution >= 4 is 49.8 Å². The van der Waals surface area contributed by atoms with Crippen molar-refractivity contribution in [1.82, 2.24) is 15.0 Å². The lowest BCUT2D eigenvalue weighted by molar-refractivity contribution is 0.102. The number of aromatic nitrogens is 3. The molecule has 0 atom stereocenters. The van der Waals surface area contributed by atoms with Crippen LogP contribution in [0.5, 0.6) is 5.75 Å². The first-order valence-electron chi connectivity index (χ1n) is 10.7. The van der Waals surface area contributed by atoms with Gasteiger partial charge in [0.2, 0.25) is 0 Å². The third-order valence-corrected chi connectivity index (χ3v) is 6.66. The van der Waals surface area contributed by atoms with Crippen molar-refractivity contribution in [3.05, 3.63) is 70.8 Å². The molecule has 5 rings (SSSR count). The first-order valence-corrected chi connectivity index (χ1v) is 11.9. The zero-order valence-electron chi connectivity index (χ0n) is 18.6. The summed E-state index contributed by atoms with van der Waals surface area (Å²) >= 11 is 7.56. The van der Waals surface area contributed by atoms with Crippen molar-refractivity contribution in [2.45, 2.75) is 13.3 Å². The molecule has 9 heteroatoms. The molecule has 0 unspecified atom stereocenters. The first-order chi connectivity index (χ1) is 16.5. The van der Waals surface area contributed by atoms with E-state index in [9.17, 15) is 4.79 Å². The number of nitrogens with one attached hydrogen (secondary N) is 1. The Labute approximate surface area is 205 Å². The molecular weight excluding hydrogens is 472 g/mol. The molecule has 1 amide bonds. The summed E-state index contributed by atoms with van der Waals surface area (Å²) in [6.07, 6.45) is 6.21. The maximum Gasteiger partial charge on any atom is 0.259 e. The number of carbonyl (C=O) groups excluding carboxylic acids is 1. The highest BCUT2D eigenvalue weighted by atomic mass is 35.5. The smallest absolute Gasteiger partial charge is 0.259 e. The van der Waals surface area contributed by atoms with Gasteiger partial charge >= 0.3 is 0 Å². The number of rotatable bonds is 5. The second kappa shape index (κ2) is 9.50. The highest BCUT2D eigenvalue weighted by molar-refractivity contribution is 7.22. The van der Waals surface area contributed by atoms with E-state index in [1.54, 1.807) is 19.4 Å². The number of aryl methyl sites for hydroxylation is 1. The van der Waals surface area contributed by atoms with E-state index < -0.39 is 0 Å². The maximum absolute atomic E-state index is 13.3. The standard InChI is InChI=1S/C25H21ClN4O3S/c1-14-8-17(18-10-23(26)28-12-21(18)32-2)19(11-27-14)24(31)30-25-29-20-6-5-15(9-22(20)34-25)16-4-3-7-33-13-16/h4-6,8-12H,3,7,13H2,1-2H3,(H,29,30,31). The van der Waals surface area contributed by atoms with Crippen molar-refractivity contribution in [2.24, 2.45) is 0 Å². The number of thiazole rings is 1. The van der Waals surface area contributed by atoms with Crippen LogP contribution in [-0.2, 0) is 4.74 Å². The van der Waals surface area contributed by atoms with E-state index in [4.69, 9.17) is 21.1 Å². The minimum atomic E-state index is -0.319. The molecule has 0 radical (unpaired) electrons. The molecule has 0 fully saturated rings. The Morgan fingerprint density at radius 3 is 2.85 bits per heavy atom. The van der Waals surface area contributed by atoms with Gasteiger partial charge in [-0.25, -0.2) is 9.97 Å². The number of nitrogens with zero attached hydrogens (tertiary/aromatic N) is 3. The van der Waals surface area contributed by atoms with Crippen LogP contribution in [0.25, 0.3) is 26.9 Å². The van der Waals surface area contributed by atoms with Crippen LogP contribution in [0.1, 0.15) is 28.0 Å². The van der Waals surface area contributed by atoms with Crippen LogP contribution < -0.4 is 10.1 Å². The molecule has 172 valence electrons. The van der Waals surface area contributed by atoms with Crippen molar-refractivity contribution < 1.29 is 14.3 Å². The van der Waals surface area contributed by atoms with Gasteiger partial charge in [0, 0.05) is 23.0 Å². The van der Waals surface area contributed by atoms with Gasteiger partial charge in [-0.1, -0.05) is 35.1 Å². The molecule has 1 aromatic carbocycles. The summed E-state index contributed by atoms with van der Waals surface area (Å²) < 4.78 is 12.0. The first kappa shape index (κ1) is 22.5. The molecule has 4 aromatic rings. The molecule has 0 saturated heterocycles. The molecule has 4 heterocycles. The fraction of sp³-hybridized carbons (Fsp3) is 0.200. The Morgan fingerprint density at radius 2 is 2.06 bits per heavy atom. The number of methoxy groups -OCH3 is 1. The molecule has 1 N–H and O–H groups in total. The van der Waals surface area contributed by atoms with E-state index in [2.05, 4.69) is 32.4 Å². The van der Waals surface area contributed by atoms with Gasteiger partial charge in [0.15, 0.2) is 5.13 Å². The quantitative estimate of drug-likeness (QED) is 0.355. The van der Waals surface area contributed by atoms with E-state index in [1.165, 1.54) is 23.1 Å². The lowest BCUT2D eigenvalue weighted by atomic mass is 10.0. The third kappa shape index (κ3) is 4.52. The largest absolute Gasteiger partial charge is 0.494 e. The van der Waals surface area contributed by atoms with Gasteiger partial charge < -0.3 is 9.47 Å². The van der Waals surface area contributed by atoms with Gasteiger partial charge in [-0.2, -0.15) is 0 Å².